The predicted molar refractivity (Wildman–Crippen MR) is 71.8 cm³/mol. The minimum absolute atomic E-state index is 0.401. The van der Waals surface area contributed by atoms with Gasteiger partial charge in [-0.25, -0.2) is 9.97 Å². The Morgan fingerprint density at radius 3 is 2.56 bits per heavy atom. The van der Waals surface area contributed by atoms with Crippen molar-refractivity contribution in [3.05, 3.63) is 11.9 Å². The van der Waals surface area contributed by atoms with Crippen molar-refractivity contribution in [3.63, 3.8) is 0 Å². The minimum Gasteiger partial charge on any atom is -0.384 e. The van der Waals surface area contributed by atoms with E-state index in [-0.39, 0.29) is 0 Å². The van der Waals surface area contributed by atoms with E-state index in [1.807, 2.05) is 13.1 Å². The van der Waals surface area contributed by atoms with E-state index < -0.39 is 0 Å². The van der Waals surface area contributed by atoms with Crippen molar-refractivity contribution in [1.29, 1.82) is 0 Å². The SMILES string of the molecule is CNc1cc(NCC(C)COC)nc(COC)n1. The van der Waals surface area contributed by atoms with Gasteiger partial charge in [0.05, 0.1) is 6.61 Å². The molecule has 0 fully saturated rings. The summed E-state index contributed by atoms with van der Waals surface area (Å²) in [4.78, 5) is 8.67. The maximum Gasteiger partial charge on any atom is 0.158 e. The standard InChI is InChI=1S/C12H22N4O2/c1-9(7-17-3)6-14-11-5-10(13-2)15-12(16-11)8-18-4/h5,9H,6-8H2,1-4H3,(H2,13,14,15,16). The number of rotatable bonds is 8. The van der Waals surface area contributed by atoms with Crippen LogP contribution in [0, 0.1) is 5.92 Å². The smallest absolute Gasteiger partial charge is 0.158 e. The zero-order valence-electron chi connectivity index (χ0n) is 11.5. The predicted octanol–water partition coefficient (Wildman–Crippen LogP) is 1.36. The molecule has 6 nitrogen and oxygen atoms in total. The monoisotopic (exact) mass is 254 g/mol. The van der Waals surface area contributed by atoms with Gasteiger partial charge in [-0.15, -0.1) is 0 Å². The Morgan fingerprint density at radius 2 is 1.94 bits per heavy atom. The third kappa shape index (κ3) is 4.85. The molecule has 6 heteroatoms. The molecular formula is C12H22N4O2. The molecule has 0 aliphatic rings. The molecule has 1 aromatic rings. The molecule has 0 aliphatic carbocycles. The van der Waals surface area contributed by atoms with Crippen LogP contribution in [0.1, 0.15) is 12.7 Å². The van der Waals surface area contributed by atoms with Crippen LogP contribution in [0.3, 0.4) is 0 Å². The second-order valence-electron chi connectivity index (χ2n) is 4.18. The van der Waals surface area contributed by atoms with Gasteiger partial charge in [-0.05, 0) is 5.92 Å². The van der Waals surface area contributed by atoms with Crippen LogP contribution >= 0.6 is 0 Å². The molecule has 0 saturated heterocycles. The molecule has 102 valence electrons. The van der Waals surface area contributed by atoms with Gasteiger partial charge in [-0.2, -0.15) is 0 Å². The van der Waals surface area contributed by atoms with Crippen LogP contribution in [0.25, 0.3) is 0 Å². The molecule has 0 aliphatic heterocycles. The highest BCUT2D eigenvalue weighted by Crippen LogP contribution is 2.12. The first kappa shape index (κ1) is 14.7. The highest BCUT2D eigenvalue weighted by Gasteiger charge is 2.05. The van der Waals surface area contributed by atoms with E-state index in [1.54, 1.807) is 14.2 Å². The fourth-order valence-electron chi connectivity index (χ4n) is 1.53. The summed E-state index contributed by atoms with van der Waals surface area (Å²) in [6.07, 6.45) is 0. The average molecular weight is 254 g/mol. The number of hydrogen-bond acceptors (Lipinski definition) is 6. The van der Waals surface area contributed by atoms with Crippen LogP contribution < -0.4 is 10.6 Å². The molecule has 1 atom stereocenters. The molecule has 2 N–H and O–H groups in total. The van der Waals surface area contributed by atoms with Crippen LogP contribution in [0.5, 0.6) is 0 Å². The summed E-state index contributed by atoms with van der Waals surface area (Å²) in [5.74, 6) is 2.66. The number of nitrogens with one attached hydrogen (secondary N) is 2. The summed E-state index contributed by atoms with van der Waals surface area (Å²) in [5, 5.41) is 6.28. The Bertz CT molecular complexity index is 360. The fourth-order valence-corrected chi connectivity index (χ4v) is 1.53. The maximum atomic E-state index is 5.09. The lowest BCUT2D eigenvalue weighted by atomic mass is 10.2. The third-order valence-corrected chi connectivity index (χ3v) is 2.38. The lowest BCUT2D eigenvalue weighted by Crippen LogP contribution is -2.17. The maximum absolute atomic E-state index is 5.09. The van der Waals surface area contributed by atoms with Crippen molar-refractivity contribution in [1.82, 2.24) is 9.97 Å². The summed E-state index contributed by atoms with van der Waals surface area (Å²) >= 11 is 0. The minimum atomic E-state index is 0.401. The zero-order valence-corrected chi connectivity index (χ0v) is 11.5. The van der Waals surface area contributed by atoms with Gasteiger partial charge in [0.1, 0.15) is 18.2 Å². The molecule has 0 amide bonds. The van der Waals surface area contributed by atoms with E-state index in [0.29, 0.717) is 18.3 Å². The summed E-state index contributed by atoms with van der Waals surface area (Å²) in [5.41, 5.74) is 0. The molecule has 1 aromatic heterocycles. The first-order valence-corrected chi connectivity index (χ1v) is 5.97. The van der Waals surface area contributed by atoms with Gasteiger partial charge in [0.2, 0.25) is 0 Å². The Labute approximate surface area is 108 Å². The molecular weight excluding hydrogens is 232 g/mol. The van der Waals surface area contributed by atoms with Gasteiger partial charge in [-0.1, -0.05) is 6.92 Å². The van der Waals surface area contributed by atoms with Crippen molar-refractivity contribution < 1.29 is 9.47 Å². The van der Waals surface area contributed by atoms with E-state index in [0.717, 1.165) is 24.8 Å². The number of hydrogen-bond donors (Lipinski definition) is 2. The van der Waals surface area contributed by atoms with Gasteiger partial charge in [0, 0.05) is 33.9 Å². The van der Waals surface area contributed by atoms with Crippen molar-refractivity contribution in [2.24, 2.45) is 5.92 Å². The Balaban J connectivity index is 2.65. The Kier molecular flexibility index (Phi) is 6.38. The third-order valence-electron chi connectivity index (χ3n) is 2.38. The highest BCUT2D eigenvalue weighted by molar-refractivity contribution is 5.47. The highest BCUT2D eigenvalue weighted by atomic mass is 16.5. The largest absolute Gasteiger partial charge is 0.384 e. The van der Waals surface area contributed by atoms with Crippen LogP contribution in [-0.2, 0) is 16.1 Å². The van der Waals surface area contributed by atoms with E-state index in [4.69, 9.17) is 9.47 Å². The lowest BCUT2D eigenvalue weighted by molar-refractivity contribution is 0.164. The van der Waals surface area contributed by atoms with Gasteiger partial charge >= 0.3 is 0 Å². The number of aromatic nitrogens is 2. The lowest BCUT2D eigenvalue weighted by Gasteiger charge is -2.13. The van der Waals surface area contributed by atoms with E-state index in [2.05, 4.69) is 27.5 Å². The number of methoxy groups -OCH3 is 2. The second-order valence-corrected chi connectivity index (χ2v) is 4.18. The number of nitrogens with zero attached hydrogens (tertiary/aromatic N) is 2. The molecule has 0 spiro atoms. The van der Waals surface area contributed by atoms with Crippen molar-refractivity contribution >= 4 is 11.6 Å². The Hall–Kier alpha value is -1.40. The average Bonchev–Trinajstić information content (AvgIpc) is 2.37. The molecule has 1 heterocycles. The van der Waals surface area contributed by atoms with Gasteiger partial charge in [0.25, 0.3) is 0 Å². The first-order valence-electron chi connectivity index (χ1n) is 5.97. The summed E-state index contributed by atoms with van der Waals surface area (Å²) < 4.78 is 10.1. The summed E-state index contributed by atoms with van der Waals surface area (Å²) in [6, 6.07) is 1.87. The molecule has 1 unspecified atom stereocenters. The number of anilines is 2. The van der Waals surface area contributed by atoms with Crippen molar-refractivity contribution in [2.45, 2.75) is 13.5 Å². The van der Waals surface area contributed by atoms with E-state index in [1.165, 1.54) is 0 Å². The molecule has 0 saturated carbocycles. The van der Waals surface area contributed by atoms with Crippen molar-refractivity contribution in [2.75, 3.05) is 45.1 Å². The molecule has 18 heavy (non-hydrogen) atoms. The van der Waals surface area contributed by atoms with Crippen LogP contribution in [0.15, 0.2) is 6.07 Å². The molecule has 1 rings (SSSR count). The molecule has 0 aromatic carbocycles. The summed E-state index contributed by atoms with van der Waals surface area (Å²) in [7, 11) is 5.16. The zero-order chi connectivity index (χ0) is 13.4. The number of ether oxygens (including phenoxy) is 2. The van der Waals surface area contributed by atoms with Crippen LogP contribution in [0.2, 0.25) is 0 Å². The summed E-state index contributed by atoms with van der Waals surface area (Å²) in [6.45, 7) is 4.05. The van der Waals surface area contributed by atoms with Gasteiger partial charge in [-0.3, -0.25) is 0 Å². The van der Waals surface area contributed by atoms with Crippen LogP contribution in [-0.4, -0.2) is 44.4 Å². The molecule has 0 bridgehead atoms. The fraction of sp³-hybridized carbons (Fsp3) is 0.667. The van der Waals surface area contributed by atoms with E-state index in [9.17, 15) is 0 Å². The molecule has 0 radical (unpaired) electrons. The van der Waals surface area contributed by atoms with E-state index >= 15 is 0 Å². The topological polar surface area (TPSA) is 68.3 Å². The normalized spacial score (nSPS) is 12.2. The quantitative estimate of drug-likeness (QED) is 0.730. The van der Waals surface area contributed by atoms with Crippen molar-refractivity contribution in [3.8, 4) is 0 Å². The van der Waals surface area contributed by atoms with Crippen LogP contribution in [0.4, 0.5) is 11.6 Å². The Morgan fingerprint density at radius 1 is 1.22 bits per heavy atom. The first-order chi connectivity index (χ1) is 8.69. The van der Waals surface area contributed by atoms with Gasteiger partial charge < -0.3 is 20.1 Å². The van der Waals surface area contributed by atoms with Gasteiger partial charge in [0.15, 0.2) is 5.82 Å². The second kappa shape index (κ2) is 7.84.